The van der Waals surface area contributed by atoms with Gasteiger partial charge in [0.2, 0.25) is 0 Å². The van der Waals surface area contributed by atoms with Crippen molar-refractivity contribution in [3.05, 3.63) is 47.0 Å². The van der Waals surface area contributed by atoms with Gasteiger partial charge in [0, 0.05) is 30.5 Å². The molecule has 0 saturated carbocycles. The maximum atomic E-state index is 13.2. The Labute approximate surface area is 105 Å². The van der Waals surface area contributed by atoms with Gasteiger partial charge < -0.3 is 5.32 Å². The Balaban J connectivity index is 2.13. The summed E-state index contributed by atoms with van der Waals surface area (Å²) in [4.78, 5) is 0. The summed E-state index contributed by atoms with van der Waals surface area (Å²) >= 11 is 0. The number of aryl methyl sites for hydroxylation is 1. The normalized spacial score (nSPS) is 10.1. The monoisotopic (exact) mass is 244 g/mol. The van der Waals surface area contributed by atoms with Gasteiger partial charge in [-0.25, -0.2) is 4.39 Å². The topological polar surface area (TPSA) is 53.6 Å². The van der Waals surface area contributed by atoms with E-state index in [2.05, 4.69) is 10.4 Å². The minimum absolute atomic E-state index is 0.306. The van der Waals surface area contributed by atoms with E-state index in [9.17, 15) is 4.39 Å². The summed E-state index contributed by atoms with van der Waals surface area (Å²) in [5.74, 6) is -0.417. The molecule has 5 heteroatoms. The zero-order valence-corrected chi connectivity index (χ0v) is 10.2. The number of rotatable bonds is 3. The molecule has 0 unspecified atom stereocenters. The van der Waals surface area contributed by atoms with Gasteiger partial charge in [-0.3, -0.25) is 4.68 Å². The molecule has 0 amide bonds. The van der Waals surface area contributed by atoms with E-state index in [1.165, 1.54) is 12.1 Å². The van der Waals surface area contributed by atoms with E-state index in [1.54, 1.807) is 16.9 Å². The summed E-state index contributed by atoms with van der Waals surface area (Å²) in [7, 11) is 1.87. The summed E-state index contributed by atoms with van der Waals surface area (Å²) in [5, 5.41) is 16.0. The van der Waals surface area contributed by atoms with Crippen molar-refractivity contribution >= 4 is 5.69 Å². The predicted molar refractivity (Wildman–Crippen MR) is 66.4 cm³/mol. The highest BCUT2D eigenvalue weighted by atomic mass is 19.1. The Morgan fingerprint density at radius 2 is 2.22 bits per heavy atom. The highest BCUT2D eigenvalue weighted by Crippen LogP contribution is 2.15. The number of nitrogens with one attached hydrogen (secondary N) is 1. The van der Waals surface area contributed by atoms with Crippen LogP contribution in [0.25, 0.3) is 0 Å². The van der Waals surface area contributed by atoms with Crippen LogP contribution in [0.1, 0.15) is 16.8 Å². The third kappa shape index (κ3) is 2.48. The molecule has 18 heavy (non-hydrogen) atoms. The number of anilines is 1. The number of aromatic nitrogens is 2. The van der Waals surface area contributed by atoms with Gasteiger partial charge in [-0.05, 0) is 25.1 Å². The van der Waals surface area contributed by atoms with Crippen LogP contribution in [-0.4, -0.2) is 9.78 Å². The van der Waals surface area contributed by atoms with E-state index in [0.29, 0.717) is 17.8 Å². The lowest BCUT2D eigenvalue weighted by Crippen LogP contribution is -2.02. The molecule has 0 atom stereocenters. The SMILES string of the molecule is Cc1c(CNc2cc(F)cc(C#N)c2)cnn1C. The van der Waals surface area contributed by atoms with Crippen LogP contribution in [0.5, 0.6) is 0 Å². The van der Waals surface area contributed by atoms with Crippen LogP contribution in [0.2, 0.25) is 0 Å². The second kappa shape index (κ2) is 4.88. The summed E-state index contributed by atoms with van der Waals surface area (Å²) in [5.41, 5.74) is 3.00. The van der Waals surface area contributed by atoms with Crippen molar-refractivity contribution in [1.82, 2.24) is 9.78 Å². The molecule has 0 saturated heterocycles. The first-order chi connectivity index (χ1) is 8.60. The predicted octanol–water partition coefficient (Wildman–Crippen LogP) is 2.35. The average molecular weight is 244 g/mol. The van der Waals surface area contributed by atoms with E-state index < -0.39 is 5.82 Å². The van der Waals surface area contributed by atoms with Crippen molar-refractivity contribution < 1.29 is 4.39 Å². The number of benzene rings is 1. The fraction of sp³-hybridized carbons (Fsp3) is 0.231. The van der Waals surface area contributed by atoms with E-state index in [4.69, 9.17) is 5.26 Å². The molecule has 0 spiro atoms. The zero-order valence-electron chi connectivity index (χ0n) is 10.2. The first-order valence-electron chi connectivity index (χ1n) is 5.52. The van der Waals surface area contributed by atoms with Crippen molar-refractivity contribution in [1.29, 1.82) is 5.26 Å². The summed E-state index contributed by atoms with van der Waals surface area (Å²) in [6.45, 7) is 2.52. The first-order valence-corrected chi connectivity index (χ1v) is 5.52. The van der Waals surface area contributed by atoms with Gasteiger partial charge >= 0.3 is 0 Å². The van der Waals surface area contributed by atoms with Crippen LogP contribution in [0.15, 0.2) is 24.4 Å². The summed E-state index contributed by atoms with van der Waals surface area (Å²) in [6, 6.07) is 6.12. The van der Waals surface area contributed by atoms with Crippen LogP contribution < -0.4 is 5.32 Å². The second-order valence-electron chi connectivity index (χ2n) is 4.07. The number of nitriles is 1. The Hall–Kier alpha value is -2.35. The highest BCUT2D eigenvalue weighted by Gasteiger charge is 2.04. The Morgan fingerprint density at radius 1 is 1.44 bits per heavy atom. The maximum absolute atomic E-state index is 13.2. The van der Waals surface area contributed by atoms with Gasteiger partial charge in [-0.2, -0.15) is 10.4 Å². The standard InChI is InChI=1S/C13H13FN4/c1-9-11(8-17-18(9)2)7-16-13-4-10(6-15)3-12(14)5-13/h3-5,8,16H,7H2,1-2H3. The number of halogens is 1. The third-order valence-electron chi connectivity index (χ3n) is 2.85. The zero-order chi connectivity index (χ0) is 13.1. The van der Waals surface area contributed by atoms with Gasteiger partial charge in [0.25, 0.3) is 0 Å². The maximum Gasteiger partial charge on any atom is 0.126 e. The minimum atomic E-state index is -0.417. The Bertz CT molecular complexity index is 610. The third-order valence-corrected chi connectivity index (χ3v) is 2.85. The van der Waals surface area contributed by atoms with Crippen molar-refractivity contribution in [3.8, 4) is 6.07 Å². The lowest BCUT2D eigenvalue weighted by atomic mass is 10.2. The molecule has 0 radical (unpaired) electrons. The van der Waals surface area contributed by atoms with Crippen molar-refractivity contribution in [2.24, 2.45) is 7.05 Å². The minimum Gasteiger partial charge on any atom is -0.381 e. The lowest BCUT2D eigenvalue weighted by Gasteiger charge is -2.06. The first kappa shape index (κ1) is 12.1. The second-order valence-corrected chi connectivity index (χ2v) is 4.07. The van der Waals surface area contributed by atoms with Crippen molar-refractivity contribution in [2.75, 3.05) is 5.32 Å². The molecule has 1 aromatic carbocycles. The molecule has 2 rings (SSSR count). The molecule has 0 fully saturated rings. The molecule has 2 aromatic rings. The molecule has 0 aliphatic rings. The van der Waals surface area contributed by atoms with Gasteiger partial charge in [0.05, 0.1) is 17.8 Å². The van der Waals surface area contributed by atoms with Gasteiger partial charge in [0.15, 0.2) is 0 Å². The molecule has 1 N–H and O–H groups in total. The summed E-state index contributed by atoms with van der Waals surface area (Å²) in [6.07, 6.45) is 1.77. The molecular weight excluding hydrogens is 231 g/mol. The van der Waals surface area contributed by atoms with Crippen LogP contribution in [0.3, 0.4) is 0 Å². The van der Waals surface area contributed by atoms with Crippen LogP contribution in [0, 0.1) is 24.1 Å². The fourth-order valence-corrected chi connectivity index (χ4v) is 1.67. The van der Waals surface area contributed by atoms with E-state index in [-0.39, 0.29) is 0 Å². The van der Waals surface area contributed by atoms with Crippen molar-refractivity contribution in [2.45, 2.75) is 13.5 Å². The van der Waals surface area contributed by atoms with E-state index >= 15 is 0 Å². The number of nitrogens with zero attached hydrogens (tertiary/aromatic N) is 3. The average Bonchev–Trinajstić information content (AvgIpc) is 2.67. The van der Waals surface area contributed by atoms with E-state index in [0.717, 1.165) is 11.3 Å². The van der Waals surface area contributed by atoms with Gasteiger partial charge in [-0.1, -0.05) is 0 Å². The van der Waals surface area contributed by atoms with Crippen LogP contribution in [-0.2, 0) is 13.6 Å². The summed E-state index contributed by atoms with van der Waals surface area (Å²) < 4.78 is 15.0. The van der Waals surface area contributed by atoms with Crippen LogP contribution in [0.4, 0.5) is 10.1 Å². The molecule has 4 nitrogen and oxygen atoms in total. The quantitative estimate of drug-likeness (QED) is 0.901. The fourth-order valence-electron chi connectivity index (χ4n) is 1.67. The van der Waals surface area contributed by atoms with Crippen molar-refractivity contribution in [3.63, 3.8) is 0 Å². The smallest absolute Gasteiger partial charge is 0.126 e. The molecule has 0 aliphatic carbocycles. The van der Waals surface area contributed by atoms with Crippen LogP contribution >= 0.6 is 0 Å². The molecular formula is C13H13FN4. The Kier molecular flexibility index (Phi) is 3.28. The molecule has 0 bridgehead atoms. The van der Waals surface area contributed by atoms with E-state index in [1.807, 2.05) is 20.0 Å². The number of hydrogen-bond acceptors (Lipinski definition) is 3. The molecule has 0 aliphatic heterocycles. The molecule has 1 heterocycles. The molecule has 1 aromatic heterocycles. The number of hydrogen-bond donors (Lipinski definition) is 1. The van der Waals surface area contributed by atoms with Gasteiger partial charge in [0.1, 0.15) is 5.82 Å². The molecule has 92 valence electrons. The largest absolute Gasteiger partial charge is 0.381 e. The lowest BCUT2D eigenvalue weighted by molar-refractivity contribution is 0.627. The highest BCUT2D eigenvalue weighted by molar-refractivity contribution is 5.50. The Morgan fingerprint density at radius 3 is 2.83 bits per heavy atom. The van der Waals surface area contributed by atoms with Gasteiger partial charge in [-0.15, -0.1) is 0 Å².